The molecule has 0 aliphatic heterocycles. The summed E-state index contributed by atoms with van der Waals surface area (Å²) in [5.41, 5.74) is 15.8. The fourth-order valence-electron chi connectivity index (χ4n) is 9.12. The zero-order chi connectivity index (χ0) is 66.3. The Hall–Kier alpha value is -8.63. The number of nitrogen functional groups attached to an aromatic ring is 1. The third-order valence-electron chi connectivity index (χ3n) is 13.1. The maximum atomic E-state index is 14.3. The number of anilines is 2. The van der Waals surface area contributed by atoms with Gasteiger partial charge in [0, 0.05) is 60.0 Å². The minimum absolute atomic E-state index is 0. The van der Waals surface area contributed by atoms with E-state index < -0.39 is 74.1 Å². The summed E-state index contributed by atoms with van der Waals surface area (Å²) in [6, 6.07) is 22.7. The van der Waals surface area contributed by atoms with Gasteiger partial charge in [0.2, 0.25) is 30.1 Å². The van der Waals surface area contributed by atoms with Crippen LogP contribution in [-0.2, 0) is 81.3 Å². The van der Waals surface area contributed by atoms with Crippen LogP contribution >= 0.6 is 34.8 Å². The first kappa shape index (κ1) is 73.4. The predicted octanol–water partition coefficient (Wildman–Crippen LogP) is 8.86. The number of carbonyl (C=O) groups excluding carboxylic acids is 2. The van der Waals surface area contributed by atoms with E-state index in [1.54, 1.807) is 19.5 Å². The largest absolute Gasteiger partial charge is 0.396 e. The van der Waals surface area contributed by atoms with Crippen molar-refractivity contribution < 1.29 is 57.5 Å². The molecule has 8 aromatic heterocycles. The highest BCUT2D eigenvalue weighted by Gasteiger charge is 2.22. The number of aryl methyl sites for hydroxylation is 3. The van der Waals surface area contributed by atoms with Crippen LogP contribution in [0.15, 0.2) is 124 Å². The summed E-state index contributed by atoms with van der Waals surface area (Å²) < 4.78 is 124. The predicted molar refractivity (Wildman–Crippen MR) is 349 cm³/mol. The van der Waals surface area contributed by atoms with Gasteiger partial charge in [-0.15, -0.1) is 34.8 Å². The zero-order valence-electron chi connectivity index (χ0n) is 48.2. The third kappa shape index (κ3) is 17.7. The van der Waals surface area contributed by atoms with E-state index in [9.17, 15) is 48.0 Å². The van der Waals surface area contributed by atoms with E-state index >= 15 is 0 Å². The number of imidazole rings is 2. The number of rotatable bonds is 15. The van der Waals surface area contributed by atoms with Gasteiger partial charge in [-0.1, -0.05) is 33.1 Å². The number of aromatic nitrogens is 10. The van der Waals surface area contributed by atoms with Crippen molar-refractivity contribution in [2.24, 2.45) is 15.4 Å². The van der Waals surface area contributed by atoms with Crippen LogP contribution in [0.25, 0.3) is 55.2 Å². The van der Waals surface area contributed by atoms with Crippen LogP contribution in [0.5, 0.6) is 0 Å². The number of pyridine rings is 6. The van der Waals surface area contributed by atoms with Crippen LogP contribution in [0, 0.1) is 38.2 Å². The standard InChI is InChI=1S/C19H18FN5O3S.C18H15ClFN5O2S.C16H16FN5O2S.C4H4Cl2O3.2CH4/c1-11-3-5-13-18-15(8-22-19(13)23-11)24-17(10-28-2)25(18)9-12-4-6-16(14(20)7-12)29(21,26)27;1-10-2-4-12-17-14(8-22-18(12)23-10)24-16(7-19)25(17)9-11-3-5-15(13(20)6-11)28(21,26)27;1-9-2-4-11-15(13(18)8-21-16(11)22-9)20-7-10-3-5-14(12(17)6-10)25(19,23)24;5-1-3(7)9-4(8)2-6;;/h3-8H,9-10H2,1-2H3,(H2,21,26,27);2-6,8H,7,9H2,1H3,(H2,21,26,27);2-6,8H,7,18H2,1H3,(H2,19,23,24)(H,20,21,22);1-2H2;2*1H4. The van der Waals surface area contributed by atoms with E-state index in [2.05, 4.69) is 49.9 Å². The summed E-state index contributed by atoms with van der Waals surface area (Å²) in [6.45, 7) is 6.60. The van der Waals surface area contributed by atoms with Crippen LogP contribution in [0.4, 0.5) is 24.5 Å². The van der Waals surface area contributed by atoms with E-state index in [0.717, 1.165) is 74.6 Å². The van der Waals surface area contributed by atoms with E-state index in [-0.39, 0.29) is 58.7 Å². The van der Waals surface area contributed by atoms with Crippen LogP contribution in [0.2, 0.25) is 0 Å². The molecule has 0 amide bonds. The van der Waals surface area contributed by atoms with E-state index in [0.29, 0.717) is 67.7 Å². The Morgan fingerprint density at radius 2 is 0.914 bits per heavy atom. The first-order chi connectivity index (χ1) is 43.0. The fourth-order valence-corrected chi connectivity index (χ4v) is 11.2. The Morgan fingerprint density at radius 1 is 0.538 bits per heavy atom. The number of benzene rings is 3. The van der Waals surface area contributed by atoms with Crippen LogP contribution in [0.1, 0.15) is 60.3 Å². The second kappa shape index (κ2) is 30.9. The second-order valence-corrected chi connectivity index (χ2v) is 25.1. The number of primary sulfonamides is 3. The lowest BCUT2D eigenvalue weighted by molar-refractivity contribution is -0.155. The van der Waals surface area contributed by atoms with Crippen molar-refractivity contribution in [3.8, 4) is 0 Å². The lowest BCUT2D eigenvalue weighted by atomic mass is 10.1. The van der Waals surface area contributed by atoms with Gasteiger partial charge >= 0.3 is 11.9 Å². The Kier molecular flexibility index (Phi) is 24.4. The van der Waals surface area contributed by atoms with E-state index in [1.165, 1.54) is 30.5 Å². The molecule has 0 atom stereocenters. The molecular formula is C59H61Cl3F3N15O10S3. The molecule has 0 spiro atoms. The van der Waals surface area contributed by atoms with Crippen LogP contribution in [0.3, 0.4) is 0 Å². The number of hydrogen-bond acceptors (Lipinski definition) is 20. The number of nitrogens with two attached hydrogens (primary N) is 4. The summed E-state index contributed by atoms with van der Waals surface area (Å²) >= 11 is 16.0. The molecular weight excluding hydrogens is 1340 g/mol. The molecule has 9 N–H and O–H groups in total. The molecule has 93 heavy (non-hydrogen) atoms. The molecule has 11 rings (SSSR count). The Bertz CT molecular complexity index is 4980. The minimum Gasteiger partial charge on any atom is -0.396 e. The molecule has 0 aliphatic carbocycles. The first-order valence-electron chi connectivity index (χ1n) is 26.3. The number of carbonyl (C=O) groups is 2. The summed E-state index contributed by atoms with van der Waals surface area (Å²) in [5.74, 6) is -3.54. The summed E-state index contributed by atoms with van der Waals surface area (Å²) in [4.78, 5) is 53.9. The van der Waals surface area contributed by atoms with Crippen LogP contribution < -0.4 is 26.5 Å². The number of sulfonamides is 3. The van der Waals surface area contributed by atoms with Gasteiger partial charge in [0.05, 0.1) is 46.9 Å². The number of methoxy groups -OCH3 is 1. The molecule has 492 valence electrons. The molecule has 8 heterocycles. The van der Waals surface area contributed by atoms with Gasteiger partial charge < -0.3 is 29.7 Å². The molecule has 11 aromatic rings. The number of ether oxygens (including phenoxy) is 2. The topological polar surface area (TPSA) is 384 Å². The average Bonchev–Trinajstić information content (AvgIpc) is 1.65. The number of alkyl halides is 3. The van der Waals surface area contributed by atoms with Gasteiger partial charge in [-0.05, 0) is 110 Å². The van der Waals surface area contributed by atoms with Gasteiger partial charge in [0.15, 0.2) is 16.9 Å². The Labute approximate surface area is 546 Å². The van der Waals surface area contributed by atoms with Gasteiger partial charge in [-0.2, -0.15) is 0 Å². The number of fused-ring (bicyclic) bond motifs is 7. The smallest absolute Gasteiger partial charge is 0.328 e. The number of nitrogens with zero attached hydrogens (tertiary/aromatic N) is 10. The van der Waals surface area contributed by atoms with Gasteiger partial charge in [-0.3, -0.25) is 9.59 Å². The summed E-state index contributed by atoms with van der Waals surface area (Å²) in [7, 11) is -10.8. The van der Waals surface area contributed by atoms with Crippen molar-refractivity contribution in [1.29, 1.82) is 0 Å². The van der Waals surface area contributed by atoms with Crippen LogP contribution in [-0.4, -0.2) is 105 Å². The summed E-state index contributed by atoms with van der Waals surface area (Å²) in [5, 5.41) is 20.5. The molecule has 34 heteroatoms. The third-order valence-corrected chi connectivity index (χ3v) is 16.6. The fraction of sp³-hybridized carbons (Fsp3) is 0.220. The maximum absolute atomic E-state index is 14.3. The molecule has 0 aliphatic rings. The zero-order valence-corrected chi connectivity index (χ0v) is 52.9. The molecule has 0 unspecified atom stereocenters. The normalized spacial score (nSPS) is 11.4. The monoisotopic (exact) mass is 1400 g/mol. The molecule has 0 fully saturated rings. The van der Waals surface area contributed by atoms with Crippen molar-refractivity contribution in [3.05, 3.63) is 172 Å². The van der Waals surface area contributed by atoms with E-state index in [4.69, 9.17) is 60.7 Å². The Morgan fingerprint density at radius 3 is 1.31 bits per heavy atom. The van der Waals surface area contributed by atoms with Gasteiger partial charge in [-0.25, -0.2) is 93.7 Å². The number of nitrogens with one attached hydrogen (secondary N) is 1. The lowest BCUT2D eigenvalue weighted by Crippen LogP contribution is -2.14. The van der Waals surface area contributed by atoms with Crippen molar-refractivity contribution in [3.63, 3.8) is 0 Å². The van der Waals surface area contributed by atoms with Gasteiger partial charge in [0.1, 0.15) is 73.2 Å². The van der Waals surface area contributed by atoms with Crippen molar-refractivity contribution in [2.75, 3.05) is 29.9 Å². The molecule has 3 aromatic carbocycles. The highest BCUT2D eigenvalue weighted by Crippen LogP contribution is 2.31. The molecule has 0 saturated carbocycles. The highest BCUT2D eigenvalue weighted by molar-refractivity contribution is 7.89. The first-order valence-corrected chi connectivity index (χ1v) is 32.6. The number of hydrogen-bond donors (Lipinski definition) is 5. The van der Waals surface area contributed by atoms with Crippen molar-refractivity contribution in [2.45, 2.75) is 82.4 Å². The quantitative estimate of drug-likeness (QED) is 0.0363. The Balaban J connectivity index is 0.000000206. The van der Waals surface area contributed by atoms with E-state index in [1.807, 2.05) is 66.3 Å². The second-order valence-electron chi connectivity index (χ2n) is 19.7. The van der Waals surface area contributed by atoms with Crippen molar-refractivity contribution in [1.82, 2.24) is 49.0 Å². The minimum atomic E-state index is -4.13. The average molecular weight is 1400 g/mol. The SMILES string of the molecule is C.C.COCc1nc2cnc3nc(C)ccc3c2n1Cc1ccc(S(N)(=O)=O)c(F)c1.Cc1ccc2c(NCc3ccc(S(N)(=O)=O)c(F)c3)c(N)cnc2n1.Cc1ccc2c(ncc3nc(CCl)n(Cc4ccc(S(N)(=O)=O)c(F)c4)c32)n1.O=C(CCl)OC(=O)CCl. The molecule has 25 nitrogen and oxygen atoms in total. The molecule has 0 radical (unpaired) electrons. The summed E-state index contributed by atoms with van der Waals surface area (Å²) in [6.07, 6.45) is 4.77. The maximum Gasteiger partial charge on any atom is 0.328 e. The number of esters is 2. The molecule has 0 saturated heterocycles. The molecule has 0 bridgehead atoms. The highest BCUT2D eigenvalue weighted by atomic mass is 35.5. The van der Waals surface area contributed by atoms with Gasteiger partial charge in [0.25, 0.3) is 0 Å². The number of halogens is 6. The lowest BCUT2D eigenvalue weighted by Gasteiger charge is -2.12. The van der Waals surface area contributed by atoms with Crippen molar-refractivity contribution >= 4 is 143 Å².